The summed E-state index contributed by atoms with van der Waals surface area (Å²) in [7, 11) is 0. The fourth-order valence-electron chi connectivity index (χ4n) is 1.31. The molecule has 82 valence electrons. The van der Waals surface area contributed by atoms with E-state index in [9.17, 15) is 5.11 Å². The zero-order valence-corrected chi connectivity index (χ0v) is 8.85. The zero-order chi connectivity index (χ0) is 11.1. The number of hydrogen-bond donors (Lipinski definition) is 3. The third-order valence-electron chi connectivity index (χ3n) is 2.04. The molecule has 0 aromatic heterocycles. The summed E-state index contributed by atoms with van der Waals surface area (Å²) in [6, 6.07) is 9.46. The topological polar surface area (TPSA) is 70.6 Å². The first-order valence-electron chi connectivity index (χ1n) is 5.00. The summed E-state index contributed by atoms with van der Waals surface area (Å²) in [5.74, 6) is 0.361. The Bertz CT molecular complexity index is 311. The van der Waals surface area contributed by atoms with Gasteiger partial charge in [-0.2, -0.15) is 0 Å². The fraction of sp³-hybridized carbons (Fsp3) is 0.364. The highest BCUT2D eigenvalue weighted by Crippen LogP contribution is 2.10. The summed E-state index contributed by atoms with van der Waals surface area (Å²) in [5, 5.41) is 12.2. The van der Waals surface area contributed by atoms with Crippen LogP contribution in [0.5, 0.6) is 0 Å². The highest BCUT2D eigenvalue weighted by molar-refractivity contribution is 5.78. The van der Waals surface area contributed by atoms with Gasteiger partial charge in [0.2, 0.25) is 0 Å². The number of rotatable bonds is 4. The smallest absolute Gasteiger partial charge is 0.189 e. The normalized spacial score (nSPS) is 13.6. The molecule has 4 heteroatoms. The van der Waals surface area contributed by atoms with E-state index in [4.69, 9.17) is 5.73 Å². The summed E-state index contributed by atoms with van der Waals surface area (Å²) in [4.78, 5) is 4.01. The Kier molecular flexibility index (Phi) is 4.63. The second-order valence-corrected chi connectivity index (χ2v) is 3.15. The van der Waals surface area contributed by atoms with Crippen LogP contribution in [0.25, 0.3) is 0 Å². The van der Waals surface area contributed by atoms with Crippen LogP contribution in [0.1, 0.15) is 18.5 Å². The second kappa shape index (κ2) is 6.03. The van der Waals surface area contributed by atoms with Crippen molar-refractivity contribution in [2.45, 2.75) is 13.0 Å². The second-order valence-electron chi connectivity index (χ2n) is 3.15. The maximum atomic E-state index is 9.22. The van der Waals surface area contributed by atoms with Gasteiger partial charge in [-0.3, -0.25) is 4.99 Å². The monoisotopic (exact) mass is 207 g/mol. The van der Waals surface area contributed by atoms with Crippen molar-refractivity contribution in [3.05, 3.63) is 35.9 Å². The maximum absolute atomic E-state index is 9.22. The Balaban J connectivity index is 2.69. The van der Waals surface area contributed by atoms with E-state index in [1.54, 1.807) is 0 Å². The lowest BCUT2D eigenvalue weighted by Gasteiger charge is -2.16. The van der Waals surface area contributed by atoms with Crippen LogP contribution in [0.3, 0.4) is 0 Å². The van der Waals surface area contributed by atoms with Crippen molar-refractivity contribution in [2.75, 3.05) is 13.2 Å². The van der Waals surface area contributed by atoms with Crippen molar-refractivity contribution < 1.29 is 5.11 Å². The van der Waals surface area contributed by atoms with E-state index < -0.39 is 0 Å². The van der Waals surface area contributed by atoms with Crippen molar-refractivity contribution in [1.82, 2.24) is 5.32 Å². The molecular weight excluding hydrogens is 190 g/mol. The highest BCUT2D eigenvalue weighted by atomic mass is 16.3. The SMILES string of the molecule is CCN=C(N)NC(CO)c1ccccc1. The largest absolute Gasteiger partial charge is 0.394 e. The van der Waals surface area contributed by atoms with E-state index in [2.05, 4.69) is 10.3 Å². The number of nitrogens with two attached hydrogens (primary N) is 1. The Morgan fingerprint density at radius 1 is 1.47 bits per heavy atom. The number of benzene rings is 1. The molecule has 0 radical (unpaired) electrons. The van der Waals surface area contributed by atoms with Crippen molar-refractivity contribution in [3.8, 4) is 0 Å². The summed E-state index contributed by atoms with van der Waals surface area (Å²) in [5.41, 5.74) is 6.62. The molecule has 0 fully saturated rings. The molecule has 0 bridgehead atoms. The average Bonchev–Trinajstić information content (AvgIpc) is 2.27. The predicted octanol–water partition coefficient (Wildman–Crippen LogP) is 0.644. The third-order valence-corrected chi connectivity index (χ3v) is 2.04. The van der Waals surface area contributed by atoms with E-state index in [0.29, 0.717) is 12.5 Å². The number of aliphatic imine (C=N–C) groups is 1. The van der Waals surface area contributed by atoms with E-state index in [1.165, 1.54) is 0 Å². The molecule has 1 atom stereocenters. The van der Waals surface area contributed by atoms with Gasteiger partial charge in [0.1, 0.15) is 0 Å². The first kappa shape index (κ1) is 11.5. The van der Waals surface area contributed by atoms with Crippen LogP contribution in [-0.4, -0.2) is 24.2 Å². The van der Waals surface area contributed by atoms with Crippen LogP contribution in [0, 0.1) is 0 Å². The van der Waals surface area contributed by atoms with Gasteiger partial charge in [0.05, 0.1) is 12.6 Å². The van der Waals surface area contributed by atoms with Gasteiger partial charge in [0.15, 0.2) is 5.96 Å². The van der Waals surface area contributed by atoms with E-state index in [1.807, 2.05) is 37.3 Å². The quantitative estimate of drug-likeness (QED) is 0.501. The predicted molar refractivity (Wildman–Crippen MR) is 61.6 cm³/mol. The molecule has 0 aliphatic carbocycles. The van der Waals surface area contributed by atoms with E-state index in [-0.39, 0.29) is 12.6 Å². The summed E-state index contributed by atoms with van der Waals surface area (Å²) < 4.78 is 0. The van der Waals surface area contributed by atoms with Gasteiger partial charge in [0.25, 0.3) is 0 Å². The maximum Gasteiger partial charge on any atom is 0.189 e. The van der Waals surface area contributed by atoms with E-state index in [0.717, 1.165) is 5.56 Å². The van der Waals surface area contributed by atoms with Gasteiger partial charge in [-0.25, -0.2) is 0 Å². The molecule has 1 aromatic rings. The van der Waals surface area contributed by atoms with Crippen molar-refractivity contribution in [2.24, 2.45) is 10.7 Å². The minimum Gasteiger partial charge on any atom is -0.394 e. The van der Waals surface area contributed by atoms with Gasteiger partial charge in [0, 0.05) is 6.54 Å². The number of hydrogen-bond acceptors (Lipinski definition) is 2. The number of aliphatic hydroxyl groups excluding tert-OH is 1. The van der Waals surface area contributed by atoms with Crippen LogP contribution in [0.2, 0.25) is 0 Å². The molecule has 15 heavy (non-hydrogen) atoms. The number of nitrogens with zero attached hydrogens (tertiary/aromatic N) is 1. The third kappa shape index (κ3) is 3.59. The fourth-order valence-corrected chi connectivity index (χ4v) is 1.31. The molecule has 0 saturated heterocycles. The summed E-state index contributed by atoms with van der Waals surface area (Å²) in [6.45, 7) is 2.53. The molecule has 1 rings (SSSR count). The lowest BCUT2D eigenvalue weighted by molar-refractivity contribution is 0.257. The molecule has 4 nitrogen and oxygen atoms in total. The van der Waals surface area contributed by atoms with E-state index >= 15 is 0 Å². The Labute approximate surface area is 89.8 Å². The van der Waals surface area contributed by atoms with Crippen LogP contribution in [0.4, 0.5) is 0 Å². The van der Waals surface area contributed by atoms with Crippen LogP contribution in [0.15, 0.2) is 35.3 Å². The number of nitrogens with one attached hydrogen (secondary N) is 1. The molecule has 1 unspecified atom stereocenters. The number of aliphatic hydroxyl groups is 1. The Morgan fingerprint density at radius 3 is 2.67 bits per heavy atom. The minimum absolute atomic E-state index is 0.00997. The molecule has 0 aliphatic heterocycles. The molecule has 0 saturated carbocycles. The van der Waals surface area contributed by atoms with Gasteiger partial charge in [-0.05, 0) is 12.5 Å². The van der Waals surface area contributed by atoms with Crippen molar-refractivity contribution >= 4 is 5.96 Å². The molecule has 4 N–H and O–H groups in total. The highest BCUT2D eigenvalue weighted by Gasteiger charge is 2.09. The van der Waals surface area contributed by atoms with Gasteiger partial charge < -0.3 is 16.2 Å². The Morgan fingerprint density at radius 2 is 2.13 bits per heavy atom. The molecular formula is C11H17N3O. The van der Waals surface area contributed by atoms with Crippen LogP contribution in [-0.2, 0) is 0 Å². The van der Waals surface area contributed by atoms with Crippen LogP contribution >= 0.6 is 0 Å². The van der Waals surface area contributed by atoms with Gasteiger partial charge >= 0.3 is 0 Å². The molecule has 0 amide bonds. The van der Waals surface area contributed by atoms with Gasteiger partial charge in [-0.15, -0.1) is 0 Å². The zero-order valence-electron chi connectivity index (χ0n) is 8.85. The lowest BCUT2D eigenvalue weighted by Crippen LogP contribution is -2.36. The molecule has 0 spiro atoms. The summed E-state index contributed by atoms with van der Waals surface area (Å²) >= 11 is 0. The minimum atomic E-state index is -0.193. The van der Waals surface area contributed by atoms with Gasteiger partial charge in [-0.1, -0.05) is 30.3 Å². The summed E-state index contributed by atoms with van der Waals surface area (Å²) in [6.07, 6.45) is 0. The first-order valence-corrected chi connectivity index (χ1v) is 5.00. The lowest BCUT2D eigenvalue weighted by atomic mass is 10.1. The first-order chi connectivity index (χ1) is 7.27. The molecule has 0 heterocycles. The molecule has 1 aromatic carbocycles. The number of guanidine groups is 1. The van der Waals surface area contributed by atoms with Crippen molar-refractivity contribution in [1.29, 1.82) is 0 Å². The standard InChI is InChI=1S/C11H17N3O/c1-2-13-11(12)14-10(8-15)9-6-4-3-5-7-9/h3-7,10,15H,2,8H2,1H3,(H3,12,13,14). The molecule has 0 aliphatic rings. The Hall–Kier alpha value is -1.55. The average molecular weight is 207 g/mol. The van der Waals surface area contributed by atoms with Crippen LogP contribution < -0.4 is 11.1 Å². The van der Waals surface area contributed by atoms with Crippen molar-refractivity contribution in [3.63, 3.8) is 0 Å².